The summed E-state index contributed by atoms with van der Waals surface area (Å²) in [5, 5.41) is 0. The monoisotopic (exact) mass is 234 g/mol. The van der Waals surface area contributed by atoms with E-state index < -0.39 is 10.1 Å². The van der Waals surface area contributed by atoms with Crippen LogP contribution in [0.25, 0.3) is 0 Å². The quantitative estimate of drug-likeness (QED) is 0.678. The Kier molecular flexibility index (Phi) is 4.73. The van der Waals surface area contributed by atoms with E-state index in [9.17, 15) is 13.2 Å². The van der Waals surface area contributed by atoms with Gasteiger partial charge in [-0.25, -0.2) is 0 Å². The van der Waals surface area contributed by atoms with Gasteiger partial charge in [0.1, 0.15) is 5.78 Å². The molecule has 0 N–H and O–H groups in total. The van der Waals surface area contributed by atoms with E-state index in [1.54, 1.807) is 0 Å². The van der Waals surface area contributed by atoms with Gasteiger partial charge in [0.2, 0.25) is 0 Å². The zero-order chi connectivity index (χ0) is 11.3. The number of hydrogen-bond donors (Lipinski definition) is 0. The number of carbonyl (C=O) groups excluding carboxylic acids is 1. The maximum atomic E-state index is 11.4. The summed E-state index contributed by atoms with van der Waals surface area (Å²) in [4.78, 5) is 10.9. The van der Waals surface area contributed by atoms with Gasteiger partial charge in [-0.3, -0.25) is 8.98 Å². The van der Waals surface area contributed by atoms with Gasteiger partial charge in [-0.15, -0.1) is 0 Å². The molecule has 0 unspecified atom stereocenters. The molecule has 0 aromatic rings. The molecule has 0 spiro atoms. The molecule has 1 saturated carbocycles. The van der Waals surface area contributed by atoms with Crippen LogP contribution in [0.5, 0.6) is 0 Å². The number of hydrogen-bond acceptors (Lipinski definition) is 4. The molecule has 0 saturated heterocycles. The van der Waals surface area contributed by atoms with Crippen LogP contribution in [-0.4, -0.2) is 26.1 Å². The van der Waals surface area contributed by atoms with E-state index in [0.717, 1.165) is 6.42 Å². The number of unbranched alkanes of at least 4 members (excludes halogenated alkanes) is 1. The predicted molar refractivity (Wildman–Crippen MR) is 57.0 cm³/mol. The zero-order valence-corrected chi connectivity index (χ0v) is 9.88. The van der Waals surface area contributed by atoms with Gasteiger partial charge < -0.3 is 0 Å². The van der Waals surface area contributed by atoms with Crippen LogP contribution < -0.4 is 0 Å². The fourth-order valence-corrected chi connectivity index (χ4v) is 2.93. The van der Waals surface area contributed by atoms with Crippen LogP contribution in [0.15, 0.2) is 0 Å². The number of ketones is 1. The summed E-state index contributed by atoms with van der Waals surface area (Å²) < 4.78 is 27.9. The Morgan fingerprint density at radius 3 is 2.47 bits per heavy atom. The van der Waals surface area contributed by atoms with Gasteiger partial charge in [0, 0.05) is 12.8 Å². The van der Waals surface area contributed by atoms with Crippen molar-refractivity contribution in [1.29, 1.82) is 0 Å². The molecular formula is C10H18O4S. The van der Waals surface area contributed by atoms with Gasteiger partial charge in [0.05, 0.1) is 11.9 Å². The highest BCUT2D eigenvalue weighted by molar-refractivity contribution is 7.86. The zero-order valence-electron chi connectivity index (χ0n) is 9.07. The van der Waals surface area contributed by atoms with Gasteiger partial charge >= 0.3 is 0 Å². The van der Waals surface area contributed by atoms with Crippen molar-refractivity contribution in [1.82, 2.24) is 0 Å². The largest absolute Gasteiger partial charge is 0.300 e. The second-order valence-electron chi connectivity index (χ2n) is 3.95. The lowest BCUT2D eigenvalue weighted by molar-refractivity contribution is -0.121. The first-order chi connectivity index (χ1) is 7.03. The molecule has 1 aliphatic carbocycles. The molecule has 0 atom stereocenters. The van der Waals surface area contributed by atoms with Crippen LogP contribution in [0.4, 0.5) is 0 Å². The Balaban J connectivity index is 2.37. The van der Waals surface area contributed by atoms with E-state index in [1.807, 2.05) is 6.92 Å². The van der Waals surface area contributed by atoms with Crippen molar-refractivity contribution in [2.45, 2.75) is 51.6 Å². The van der Waals surface area contributed by atoms with E-state index in [-0.39, 0.29) is 17.6 Å². The van der Waals surface area contributed by atoms with Crippen molar-refractivity contribution < 1.29 is 17.4 Å². The second kappa shape index (κ2) is 5.61. The van der Waals surface area contributed by atoms with E-state index in [2.05, 4.69) is 0 Å². The summed E-state index contributed by atoms with van der Waals surface area (Å²) in [6.07, 6.45) is 3.19. The van der Waals surface area contributed by atoms with Crippen LogP contribution in [0.1, 0.15) is 45.4 Å². The fourth-order valence-electron chi connectivity index (χ4n) is 1.59. The standard InChI is InChI=1S/C10H18O4S/c1-2-3-8-15(12,13)14-10-6-4-9(11)5-7-10/h10H,2-8H2,1H3. The van der Waals surface area contributed by atoms with E-state index in [4.69, 9.17) is 4.18 Å². The molecule has 4 nitrogen and oxygen atoms in total. The summed E-state index contributed by atoms with van der Waals surface area (Å²) in [6, 6.07) is 0. The Hall–Kier alpha value is -0.420. The van der Waals surface area contributed by atoms with Crippen LogP contribution in [0.3, 0.4) is 0 Å². The highest BCUT2D eigenvalue weighted by Gasteiger charge is 2.24. The third kappa shape index (κ3) is 4.75. The normalized spacial score (nSPS) is 19.4. The number of carbonyl (C=O) groups is 1. The minimum absolute atomic E-state index is 0.0912. The van der Waals surface area contributed by atoms with Gasteiger partial charge in [-0.2, -0.15) is 8.42 Å². The molecule has 15 heavy (non-hydrogen) atoms. The molecule has 1 fully saturated rings. The fraction of sp³-hybridized carbons (Fsp3) is 0.900. The molecule has 88 valence electrons. The number of Topliss-reactive ketones (excluding diaryl/α,β-unsaturated/α-hetero) is 1. The Morgan fingerprint density at radius 2 is 1.93 bits per heavy atom. The highest BCUT2D eigenvalue weighted by atomic mass is 32.2. The van der Waals surface area contributed by atoms with E-state index in [1.165, 1.54) is 0 Å². The Bertz CT molecular complexity index is 297. The predicted octanol–water partition coefficient (Wildman–Crippen LogP) is 1.64. The van der Waals surface area contributed by atoms with Crippen molar-refractivity contribution in [2.24, 2.45) is 0 Å². The molecule has 0 radical (unpaired) electrons. The lowest BCUT2D eigenvalue weighted by Crippen LogP contribution is -2.25. The van der Waals surface area contributed by atoms with Gasteiger partial charge in [-0.1, -0.05) is 13.3 Å². The van der Waals surface area contributed by atoms with E-state index >= 15 is 0 Å². The van der Waals surface area contributed by atoms with Crippen LogP contribution in [0, 0.1) is 0 Å². The maximum absolute atomic E-state index is 11.4. The third-order valence-electron chi connectivity index (χ3n) is 2.52. The first kappa shape index (κ1) is 12.6. The summed E-state index contributed by atoms with van der Waals surface area (Å²) >= 11 is 0. The molecular weight excluding hydrogens is 216 g/mol. The van der Waals surface area contributed by atoms with Crippen molar-refractivity contribution in [3.05, 3.63) is 0 Å². The first-order valence-corrected chi connectivity index (χ1v) is 7.04. The summed E-state index contributed by atoms with van der Waals surface area (Å²) in [5.41, 5.74) is 0. The van der Waals surface area contributed by atoms with Crippen molar-refractivity contribution in [2.75, 3.05) is 5.75 Å². The lowest BCUT2D eigenvalue weighted by atomic mass is 9.97. The molecule has 0 aliphatic heterocycles. The SMILES string of the molecule is CCCCS(=O)(=O)OC1CCC(=O)CC1. The van der Waals surface area contributed by atoms with Gasteiger partial charge in [0.15, 0.2) is 0 Å². The van der Waals surface area contributed by atoms with Crippen molar-refractivity contribution in [3.8, 4) is 0 Å². The average molecular weight is 234 g/mol. The summed E-state index contributed by atoms with van der Waals surface area (Å²) in [5.74, 6) is 0.300. The molecule has 1 aliphatic rings. The van der Waals surface area contributed by atoms with Crippen molar-refractivity contribution >= 4 is 15.9 Å². The molecule has 0 bridgehead atoms. The van der Waals surface area contributed by atoms with Gasteiger partial charge in [0.25, 0.3) is 10.1 Å². The van der Waals surface area contributed by atoms with Gasteiger partial charge in [-0.05, 0) is 19.3 Å². The molecule has 0 aromatic heterocycles. The third-order valence-corrected chi connectivity index (χ3v) is 3.87. The summed E-state index contributed by atoms with van der Waals surface area (Å²) in [7, 11) is -3.37. The number of rotatable bonds is 5. The van der Waals surface area contributed by atoms with E-state index in [0.29, 0.717) is 32.1 Å². The maximum Gasteiger partial charge on any atom is 0.267 e. The molecule has 1 rings (SSSR count). The molecule has 0 aromatic carbocycles. The minimum Gasteiger partial charge on any atom is -0.300 e. The van der Waals surface area contributed by atoms with Crippen LogP contribution in [-0.2, 0) is 19.1 Å². The van der Waals surface area contributed by atoms with Crippen molar-refractivity contribution in [3.63, 3.8) is 0 Å². The Morgan fingerprint density at radius 1 is 1.33 bits per heavy atom. The average Bonchev–Trinajstić information content (AvgIpc) is 2.18. The minimum atomic E-state index is -3.37. The first-order valence-electron chi connectivity index (χ1n) is 5.46. The Labute approximate surface area is 91.1 Å². The second-order valence-corrected chi connectivity index (χ2v) is 5.67. The lowest BCUT2D eigenvalue weighted by Gasteiger charge is -2.20. The smallest absolute Gasteiger partial charge is 0.267 e. The topological polar surface area (TPSA) is 60.4 Å². The van der Waals surface area contributed by atoms with Crippen LogP contribution in [0.2, 0.25) is 0 Å². The molecule has 0 amide bonds. The van der Waals surface area contributed by atoms with Crippen LogP contribution >= 0.6 is 0 Å². The summed E-state index contributed by atoms with van der Waals surface area (Å²) in [6.45, 7) is 1.94. The molecule has 5 heteroatoms. The highest BCUT2D eigenvalue weighted by Crippen LogP contribution is 2.20. The molecule has 0 heterocycles.